The van der Waals surface area contributed by atoms with Crippen LogP contribution in [0, 0.1) is 5.41 Å². The highest BCUT2D eigenvalue weighted by Crippen LogP contribution is 2.32. The van der Waals surface area contributed by atoms with E-state index in [9.17, 15) is 14.7 Å². The van der Waals surface area contributed by atoms with Crippen molar-refractivity contribution < 1.29 is 19.1 Å². The van der Waals surface area contributed by atoms with Crippen LogP contribution in [0.15, 0.2) is 34.9 Å². The predicted molar refractivity (Wildman–Crippen MR) is 72.5 cm³/mol. The molecule has 1 unspecified atom stereocenters. The van der Waals surface area contributed by atoms with Crippen molar-refractivity contribution in [2.24, 2.45) is 5.41 Å². The molecule has 104 valence electrons. The third-order valence-corrected chi connectivity index (χ3v) is 3.99. The number of hydrogen-bond acceptors (Lipinski definition) is 3. The van der Waals surface area contributed by atoms with E-state index in [0.29, 0.717) is 24.1 Å². The summed E-state index contributed by atoms with van der Waals surface area (Å²) >= 11 is 0. The first-order valence-corrected chi connectivity index (χ1v) is 6.50. The van der Waals surface area contributed by atoms with Crippen molar-refractivity contribution in [2.75, 3.05) is 13.1 Å². The predicted octanol–water partition coefficient (Wildman–Crippen LogP) is 2.37. The van der Waals surface area contributed by atoms with Gasteiger partial charge in [0.1, 0.15) is 11.8 Å². The summed E-state index contributed by atoms with van der Waals surface area (Å²) < 4.78 is 5.37. The molecule has 1 saturated heterocycles. The summed E-state index contributed by atoms with van der Waals surface area (Å²) in [5.41, 5.74) is 0.307. The monoisotopic (exact) mass is 273 g/mol. The molecular formula is C15H15NO4. The van der Waals surface area contributed by atoms with Crippen molar-refractivity contribution in [3.63, 3.8) is 0 Å². The average Bonchev–Trinajstić information content (AvgIpc) is 3.03. The Kier molecular flexibility index (Phi) is 2.78. The van der Waals surface area contributed by atoms with E-state index >= 15 is 0 Å². The SMILES string of the molecule is CC1(C(=O)O)CCN(C(=O)c2coc3ccccc23)C1. The van der Waals surface area contributed by atoms with E-state index in [1.165, 1.54) is 6.26 Å². The Balaban J connectivity index is 1.89. The summed E-state index contributed by atoms with van der Waals surface area (Å²) in [6.07, 6.45) is 1.92. The maximum absolute atomic E-state index is 12.5. The topological polar surface area (TPSA) is 70.8 Å². The van der Waals surface area contributed by atoms with Crippen LogP contribution in [0.25, 0.3) is 11.0 Å². The molecule has 0 spiro atoms. The average molecular weight is 273 g/mol. The van der Waals surface area contributed by atoms with E-state index in [1.807, 2.05) is 18.2 Å². The molecule has 1 aliphatic rings. The number of nitrogens with zero attached hydrogens (tertiary/aromatic N) is 1. The van der Waals surface area contributed by atoms with Gasteiger partial charge in [0.15, 0.2) is 0 Å². The van der Waals surface area contributed by atoms with Gasteiger partial charge in [-0.1, -0.05) is 18.2 Å². The number of benzene rings is 1. The summed E-state index contributed by atoms with van der Waals surface area (Å²) in [7, 11) is 0. The van der Waals surface area contributed by atoms with Crippen LogP contribution in [0.4, 0.5) is 0 Å². The van der Waals surface area contributed by atoms with Crippen LogP contribution in [-0.4, -0.2) is 35.0 Å². The van der Waals surface area contributed by atoms with Crippen molar-refractivity contribution >= 4 is 22.8 Å². The molecule has 1 aromatic heterocycles. The molecule has 2 aromatic rings. The van der Waals surface area contributed by atoms with E-state index in [4.69, 9.17) is 4.42 Å². The van der Waals surface area contributed by atoms with E-state index in [-0.39, 0.29) is 12.5 Å². The number of hydrogen-bond donors (Lipinski definition) is 1. The lowest BCUT2D eigenvalue weighted by Gasteiger charge is -2.19. The van der Waals surface area contributed by atoms with Crippen molar-refractivity contribution in [2.45, 2.75) is 13.3 Å². The van der Waals surface area contributed by atoms with Gasteiger partial charge in [0, 0.05) is 18.5 Å². The minimum atomic E-state index is -0.857. The van der Waals surface area contributed by atoms with Crippen molar-refractivity contribution in [1.82, 2.24) is 4.90 Å². The van der Waals surface area contributed by atoms with Gasteiger partial charge in [0.2, 0.25) is 0 Å². The number of likely N-dealkylation sites (tertiary alicyclic amines) is 1. The fraction of sp³-hybridized carbons (Fsp3) is 0.333. The van der Waals surface area contributed by atoms with Gasteiger partial charge >= 0.3 is 5.97 Å². The van der Waals surface area contributed by atoms with Gasteiger partial charge < -0.3 is 14.4 Å². The van der Waals surface area contributed by atoms with Gasteiger partial charge in [-0.05, 0) is 19.4 Å². The summed E-state index contributed by atoms with van der Waals surface area (Å²) in [6.45, 7) is 2.37. The first-order chi connectivity index (χ1) is 9.51. The number of amides is 1. The highest BCUT2D eigenvalue weighted by Gasteiger charge is 2.42. The lowest BCUT2D eigenvalue weighted by Crippen LogP contribution is -2.34. The maximum atomic E-state index is 12.5. The first-order valence-electron chi connectivity index (χ1n) is 6.50. The number of aliphatic carboxylic acids is 1. The molecule has 5 heteroatoms. The third kappa shape index (κ3) is 1.86. The number of carbonyl (C=O) groups excluding carboxylic acids is 1. The summed E-state index contributed by atoms with van der Waals surface area (Å²) in [5.74, 6) is -1.02. The van der Waals surface area contributed by atoms with E-state index in [2.05, 4.69) is 0 Å². The summed E-state index contributed by atoms with van der Waals surface area (Å²) in [6, 6.07) is 7.33. The Hall–Kier alpha value is -2.30. The van der Waals surface area contributed by atoms with E-state index in [1.54, 1.807) is 17.9 Å². The van der Waals surface area contributed by atoms with Crippen LogP contribution in [0.2, 0.25) is 0 Å². The second-order valence-electron chi connectivity index (χ2n) is 5.49. The second-order valence-corrected chi connectivity index (χ2v) is 5.49. The van der Waals surface area contributed by atoms with Gasteiger partial charge in [-0.3, -0.25) is 9.59 Å². The Morgan fingerprint density at radius 3 is 2.80 bits per heavy atom. The number of carboxylic acids is 1. The van der Waals surface area contributed by atoms with Gasteiger partial charge in [0.05, 0.1) is 11.0 Å². The Morgan fingerprint density at radius 2 is 2.10 bits per heavy atom. The molecule has 0 bridgehead atoms. The highest BCUT2D eigenvalue weighted by molar-refractivity contribution is 6.06. The van der Waals surface area contributed by atoms with Crippen molar-refractivity contribution in [3.05, 3.63) is 36.1 Å². The molecule has 1 aromatic carbocycles. The number of para-hydroxylation sites is 1. The zero-order chi connectivity index (χ0) is 14.3. The fourth-order valence-corrected chi connectivity index (χ4v) is 2.62. The van der Waals surface area contributed by atoms with Crippen LogP contribution >= 0.6 is 0 Å². The van der Waals surface area contributed by atoms with E-state index in [0.717, 1.165) is 5.39 Å². The molecule has 1 N–H and O–H groups in total. The lowest BCUT2D eigenvalue weighted by atomic mass is 9.90. The Morgan fingerprint density at radius 1 is 1.35 bits per heavy atom. The molecule has 20 heavy (non-hydrogen) atoms. The number of carbonyl (C=O) groups is 2. The van der Waals surface area contributed by atoms with Gasteiger partial charge in [-0.25, -0.2) is 0 Å². The zero-order valence-electron chi connectivity index (χ0n) is 11.1. The molecule has 5 nitrogen and oxygen atoms in total. The van der Waals surface area contributed by atoms with Crippen LogP contribution in [0.5, 0.6) is 0 Å². The molecule has 2 heterocycles. The number of furan rings is 1. The highest BCUT2D eigenvalue weighted by atomic mass is 16.4. The molecule has 1 amide bonds. The minimum absolute atomic E-state index is 0.167. The summed E-state index contributed by atoms with van der Waals surface area (Å²) in [5, 5.41) is 9.98. The van der Waals surface area contributed by atoms with Crippen LogP contribution in [0.1, 0.15) is 23.7 Å². The molecule has 3 rings (SSSR count). The van der Waals surface area contributed by atoms with Crippen LogP contribution in [0.3, 0.4) is 0 Å². The molecule has 1 atom stereocenters. The fourth-order valence-electron chi connectivity index (χ4n) is 2.62. The normalized spacial score (nSPS) is 22.4. The van der Waals surface area contributed by atoms with Crippen molar-refractivity contribution in [3.8, 4) is 0 Å². The standard InChI is InChI=1S/C15H15NO4/c1-15(14(18)19)6-7-16(9-15)13(17)11-8-20-12-5-3-2-4-10(11)12/h2-5,8H,6-7,9H2,1H3,(H,18,19). The van der Waals surface area contributed by atoms with Gasteiger partial charge in [-0.15, -0.1) is 0 Å². The molecule has 0 aliphatic carbocycles. The Labute approximate surface area is 115 Å². The number of rotatable bonds is 2. The van der Waals surface area contributed by atoms with Crippen LogP contribution in [-0.2, 0) is 4.79 Å². The lowest BCUT2D eigenvalue weighted by molar-refractivity contribution is -0.147. The third-order valence-electron chi connectivity index (χ3n) is 3.99. The molecular weight excluding hydrogens is 258 g/mol. The number of fused-ring (bicyclic) bond motifs is 1. The van der Waals surface area contributed by atoms with Crippen LogP contribution < -0.4 is 0 Å². The summed E-state index contributed by atoms with van der Waals surface area (Å²) in [4.78, 5) is 25.3. The molecule has 0 radical (unpaired) electrons. The van der Waals surface area contributed by atoms with Gasteiger partial charge in [-0.2, -0.15) is 0 Å². The molecule has 1 fully saturated rings. The maximum Gasteiger partial charge on any atom is 0.311 e. The molecule has 1 aliphatic heterocycles. The number of carboxylic acid groups (broad SMARTS) is 1. The second kappa shape index (κ2) is 4.37. The van der Waals surface area contributed by atoms with Crippen molar-refractivity contribution in [1.29, 1.82) is 0 Å². The van der Waals surface area contributed by atoms with Gasteiger partial charge in [0.25, 0.3) is 5.91 Å². The quantitative estimate of drug-likeness (QED) is 0.911. The Bertz CT molecular complexity index is 690. The molecule has 0 saturated carbocycles. The smallest absolute Gasteiger partial charge is 0.311 e. The first kappa shape index (κ1) is 12.7. The van der Waals surface area contributed by atoms with E-state index < -0.39 is 11.4 Å². The largest absolute Gasteiger partial charge is 0.481 e. The minimum Gasteiger partial charge on any atom is -0.481 e. The zero-order valence-corrected chi connectivity index (χ0v) is 11.1.